The van der Waals surface area contributed by atoms with Crippen molar-refractivity contribution in [2.45, 2.75) is 6.54 Å². The summed E-state index contributed by atoms with van der Waals surface area (Å²) >= 11 is 0. The van der Waals surface area contributed by atoms with Crippen LogP contribution in [0.25, 0.3) is 6.08 Å². The molecule has 0 bridgehead atoms. The third-order valence-electron chi connectivity index (χ3n) is 4.40. The molecule has 1 fully saturated rings. The fourth-order valence-electron chi connectivity index (χ4n) is 2.90. The molecule has 0 radical (unpaired) electrons. The third-order valence-corrected chi connectivity index (χ3v) is 4.40. The minimum atomic E-state index is -0.696. The van der Waals surface area contributed by atoms with Crippen LogP contribution >= 0.6 is 0 Å². The fourth-order valence-corrected chi connectivity index (χ4v) is 2.90. The van der Waals surface area contributed by atoms with E-state index in [1.165, 1.54) is 30.4 Å². The molecule has 0 N–H and O–H groups in total. The second-order valence-electron chi connectivity index (χ2n) is 6.20. The summed E-state index contributed by atoms with van der Waals surface area (Å²) in [4.78, 5) is 16.1. The lowest BCUT2D eigenvalue weighted by molar-refractivity contribution is -0.127. The molecule has 0 atom stereocenters. The number of carbonyl (C=O) groups is 1. The van der Waals surface area contributed by atoms with E-state index in [1.54, 1.807) is 17.0 Å². The maximum Gasteiger partial charge on any atom is 0.246 e. The van der Waals surface area contributed by atoms with Gasteiger partial charge in [-0.3, -0.25) is 9.69 Å². The Morgan fingerprint density at radius 3 is 2.15 bits per heavy atom. The van der Waals surface area contributed by atoms with Gasteiger partial charge in [0.2, 0.25) is 5.91 Å². The summed E-state index contributed by atoms with van der Waals surface area (Å²) in [5.74, 6) is -1.92. The van der Waals surface area contributed by atoms with Crippen LogP contribution < -0.4 is 0 Å². The number of hydrogen-bond donors (Lipinski definition) is 0. The van der Waals surface area contributed by atoms with E-state index in [9.17, 15) is 18.0 Å². The quantitative estimate of drug-likeness (QED) is 0.780. The van der Waals surface area contributed by atoms with Crippen molar-refractivity contribution in [2.24, 2.45) is 0 Å². The third kappa shape index (κ3) is 4.52. The van der Waals surface area contributed by atoms with Crippen LogP contribution in [-0.4, -0.2) is 41.9 Å². The first kappa shape index (κ1) is 18.2. The summed E-state index contributed by atoms with van der Waals surface area (Å²) in [6, 6.07) is 9.95. The normalized spacial score (nSPS) is 15.6. The smallest absolute Gasteiger partial charge is 0.246 e. The zero-order chi connectivity index (χ0) is 18.5. The Balaban J connectivity index is 1.53. The van der Waals surface area contributed by atoms with Crippen LogP contribution in [0.1, 0.15) is 11.1 Å². The molecule has 1 aliphatic rings. The summed E-state index contributed by atoms with van der Waals surface area (Å²) in [6.07, 6.45) is 2.38. The van der Waals surface area contributed by atoms with Crippen LogP contribution in [0.2, 0.25) is 0 Å². The van der Waals surface area contributed by atoms with E-state index in [0.717, 1.165) is 17.7 Å². The average Bonchev–Trinajstić information content (AvgIpc) is 2.64. The highest BCUT2D eigenvalue weighted by atomic mass is 19.1. The van der Waals surface area contributed by atoms with Gasteiger partial charge in [-0.2, -0.15) is 0 Å². The summed E-state index contributed by atoms with van der Waals surface area (Å²) in [6.45, 7) is 3.13. The van der Waals surface area contributed by atoms with Gasteiger partial charge in [-0.05, 0) is 35.9 Å². The minimum absolute atomic E-state index is 0.212. The molecular formula is C20H19F3N2O. The van der Waals surface area contributed by atoms with Crippen LogP contribution in [0.5, 0.6) is 0 Å². The van der Waals surface area contributed by atoms with Crippen LogP contribution in [0.3, 0.4) is 0 Å². The zero-order valence-electron chi connectivity index (χ0n) is 14.2. The number of nitrogens with zero attached hydrogens (tertiary/aromatic N) is 2. The van der Waals surface area contributed by atoms with E-state index in [0.29, 0.717) is 32.7 Å². The molecule has 1 amide bonds. The molecule has 0 saturated carbocycles. The Bertz CT molecular complexity index is 777. The van der Waals surface area contributed by atoms with Gasteiger partial charge in [0.1, 0.15) is 17.5 Å². The number of rotatable bonds is 4. The first-order chi connectivity index (χ1) is 12.5. The van der Waals surface area contributed by atoms with Gasteiger partial charge in [-0.15, -0.1) is 0 Å². The Hall–Kier alpha value is -2.60. The van der Waals surface area contributed by atoms with Crippen LogP contribution in [0, 0.1) is 17.5 Å². The van der Waals surface area contributed by atoms with Crippen molar-refractivity contribution in [3.05, 3.63) is 77.1 Å². The highest BCUT2D eigenvalue weighted by Gasteiger charge is 2.19. The van der Waals surface area contributed by atoms with Crippen molar-refractivity contribution in [1.29, 1.82) is 0 Å². The van der Waals surface area contributed by atoms with Gasteiger partial charge in [-0.1, -0.05) is 18.2 Å². The fraction of sp³-hybridized carbons (Fsp3) is 0.250. The average molecular weight is 360 g/mol. The minimum Gasteiger partial charge on any atom is -0.337 e. The molecule has 1 heterocycles. The first-order valence-electron chi connectivity index (χ1n) is 8.41. The van der Waals surface area contributed by atoms with Crippen molar-refractivity contribution >= 4 is 12.0 Å². The zero-order valence-corrected chi connectivity index (χ0v) is 14.2. The number of carbonyl (C=O) groups excluding carboxylic acids is 1. The Kier molecular flexibility index (Phi) is 5.73. The maximum absolute atomic E-state index is 13.6. The summed E-state index contributed by atoms with van der Waals surface area (Å²) in [7, 11) is 0. The molecule has 2 aromatic carbocycles. The summed E-state index contributed by atoms with van der Waals surface area (Å²) in [5.41, 5.74) is 0.803. The Morgan fingerprint density at radius 1 is 0.923 bits per heavy atom. The van der Waals surface area contributed by atoms with E-state index in [-0.39, 0.29) is 17.3 Å². The molecule has 3 rings (SSSR count). The lowest BCUT2D eigenvalue weighted by atomic mass is 10.1. The van der Waals surface area contributed by atoms with E-state index in [2.05, 4.69) is 4.90 Å². The summed E-state index contributed by atoms with van der Waals surface area (Å²) < 4.78 is 40.1. The van der Waals surface area contributed by atoms with Crippen molar-refractivity contribution in [3.8, 4) is 0 Å². The highest BCUT2D eigenvalue weighted by Crippen LogP contribution is 2.15. The molecule has 26 heavy (non-hydrogen) atoms. The van der Waals surface area contributed by atoms with Crippen LogP contribution in [-0.2, 0) is 11.3 Å². The molecule has 0 aromatic heterocycles. The maximum atomic E-state index is 13.6. The number of amides is 1. The van der Waals surface area contributed by atoms with Gasteiger partial charge in [0.05, 0.1) is 0 Å². The number of benzene rings is 2. The van der Waals surface area contributed by atoms with E-state index in [4.69, 9.17) is 0 Å². The first-order valence-corrected chi connectivity index (χ1v) is 8.41. The van der Waals surface area contributed by atoms with Crippen LogP contribution in [0.15, 0.2) is 48.5 Å². The molecule has 1 saturated heterocycles. The van der Waals surface area contributed by atoms with Gasteiger partial charge >= 0.3 is 0 Å². The number of halogens is 3. The monoisotopic (exact) mass is 360 g/mol. The van der Waals surface area contributed by atoms with Gasteiger partial charge < -0.3 is 4.90 Å². The molecule has 0 spiro atoms. The van der Waals surface area contributed by atoms with Crippen molar-refractivity contribution in [3.63, 3.8) is 0 Å². The van der Waals surface area contributed by atoms with Gasteiger partial charge in [0, 0.05) is 44.4 Å². The van der Waals surface area contributed by atoms with E-state index < -0.39 is 11.6 Å². The van der Waals surface area contributed by atoms with Crippen LogP contribution in [0.4, 0.5) is 13.2 Å². The Labute approximate surface area is 150 Å². The van der Waals surface area contributed by atoms with E-state index >= 15 is 0 Å². The molecule has 0 aliphatic carbocycles. The molecule has 1 aliphatic heterocycles. The molecule has 0 unspecified atom stereocenters. The van der Waals surface area contributed by atoms with E-state index in [1.807, 2.05) is 0 Å². The molecule has 2 aromatic rings. The molecule has 3 nitrogen and oxygen atoms in total. The number of hydrogen-bond acceptors (Lipinski definition) is 2. The molecular weight excluding hydrogens is 341 g/mol. The second-order valence-corrected chi connectivity index (χ2v) is 6.20. The van der Waals surface area contributed by atoms with Crippen molar-refractivity contribution < 1.29 is 18.0 Å². The lowest BCUT2D eigenvalue weighted by Gasteiger charge is -2.34. The Morgan fingerprint density at radius 2 is 1.54 bits per heavy atom. The standard InChI is InChI=1S/C20H19F3N2O/c21-16-6-4-15(5-7-16)14-24-10-12-25(13-11-24)20(26)9-8-17-18(22)2-1-3-19(17)23/h1-9H,10-14H2. The van der Waals surface area contributed by atoms with Gasteiger partial charge in [0.25, 0.3) is 0 Å². The van der Waals surface area contributed by atoms with Crippen molar-refractivity contribution in [1.82, 2.24) is 9.80 Å². The SMILES string of the molecule is O=C(C=Cc1c(F)cccc1F)N1CCN(Cc2ccc(F)cc2)CC1. The predicted molar refractivity (Wildman–Crippen MR) is 93.6 cm³/mol. The van der Waals surface area contributed by atoms with Gasteiger partial charge in [0.15, 0.2) is 0 Å². The van der Waals surface area contributed by atoms with Crippen molar-refractivity contribution in [2.75, 3.05) is 26.2 Å². The topological polar surface area (TPSA) is 23.6 Å². The summed E-state index contributed by atoms with van der Waals surface area (Å²) in [5, 5.41) is 0. The second kappa shape index (κ2) is 8.19. The number of piperazine rings is 1. The molecule has 6 heteroatoms. The largest absolute Gasteiger partial charge is 0.337 e. The van der Waals surface area contributed by atoms with Gasteiger partial charge in [-0.25, -0.2) is 13.2 Å². The highest BCUT2D eigenvalue weighted by molar-refractivity contribution is 5.91. The molecule has 136 valence electrons. The predicted octanol–water partition coefficient (Wildman–Crippen LogP) is 3.46. The lowest BCUT2D eigenvalue weighted by Crippen LogP contribution is -2.47.